The zero-order valence-electron chi connectivity index (χ0n) is 19.3. The van der Waals surface area contributed by atoms with Crippen LogP contribution < -0.4 is 15.3 Å². The van der Waals surface area contributed by atoms with E-state index in [0.29, 0.717) is 19.6 Å². The van der Waals surface area contributed by atoms with Crippen LogP contribution >= 0.6 is 0 Å². The van der Waals surface area contributed by atoms with E-state index in [4.69, 9.17) is 9.90 Å². The molecule has 194 valence electrons. The van der Waals surface area contributed by atoms with Crippen LogP contribution in [-0.2, 0) is 21.2 Å². The number of amides is 1. The number of imidazole rings is 1. The number of carbonyl (C=O) groups is 2. The lowest BCUT2D eigenvalue weighted by atomic mass is 10.3. The number of fused-ring (bicyclic) bond motifs is 1. The summed E-state index contributed by atoms with van der Waals surface area (Å²) in [5, 5.41) is 11.5. The predicted octanol–water partition coefficient (Wildman–Crippen LogP) is -0.895. The Labute approximate surface area is 203 Å². The number of nitrogens with one attached hydrogen (secondary N) is 2. The van der Waals surface area contributed by atoms with Gasteiger partial charge in [-0.1, -0.05) is 6.07 Å². The van der Waals surface area contributed by atoms with Crippen LogP contribution in [0.15, 0.2) is 30.5 Å². The Balaban J connectivity index is 0.000000454. The molecule has 0 spiro atoms. The fourth-order valence-corrected chi connectivity index (χ4v) is 4.98. The number of sulfone groups is 1. The van der Waals surface area contributed by atoms with Gasteiger partial charge in [0.1, 0.15) is 18.2 Å². The minimum atomic E-state index is -5.19. The summed E-state index contributed by atoms with van der Waals surface area (Å²) in [5.74, 6) is -2.53. The Morgan fingerprint density at radius 3 is 2.25 bits per heavy atom. The van der Waals surface area contributed by atoms with E-state index in [1.165, 1.54) is 0 Å². The van der Waals surface area contributed by atoms with Gasteiger partial charge in [-0.2, -0.15) is 13.2 Å². The molecule has 2 N–H and O–H groups in total. The molecule has 4 heterocycles. The molecule has 1 aliphatic heterocycles. The summed E-state index contributed by atoms with van der Waals surface area (Å²) in [4.78, 5) is 35.9. The van der Waals surface area contributed by atoms with Gasteiger partial charge in [0.15, 0.2) is 9.84 Å². The Bertz CT molecular complexity index is 1360. The van der Waals surface area contributed by atoms with Gasteiger partial charge >= 0.3 is 6.18 Å². The van der Waals surface area contributed by atoms with Crippen molar-refractivity contribution in [2.45, 2.75) is 26.6 Å². The molecule has 4 rings (SSSR count). The predicted molar refractivity (Wildman–Crippen MR) is 119 cm³/mol. The Morgan fingerprint density at radius 1 is 1.11 bits per heavy atom. The lowest BCUT2D eigenvalue weighted by Gasteiger charge is -2.22. The van der Waals surface area contributed by atoms with Crippen LogP contribution in [-0.4, -0.2) is 70.4 Å². The molecule has 11 nitrogen and oxygen atoms in total. The van der Waals surface area contributed by atoms with Crippen LogP contribution in [0.2, 0.25) is 0 Å². The summed E-state index contributed by atoms with van der Waals surface area (Å²) < 4.78 is 56.6. The number of quaternary nitrogens is 1. The van der Waals surface area contributed by atoms with Crippen molar-refractivity contribution in [2.75, 3.05) is 29.9 Å². The van der Waals surface area contributed by atoms with Crippen molar-refractivity contribution in [3.63, 3.8) is 0 Å². The molecule has 1 saturated heterocycles. The summed E-state index contributed by atoms with van der Waals surface area (Å²) >= 11 is 0. The second kappa shape index (κ2) is 10.6. The zero-order chi connectivity index (χ0) is 26.7. The average Bonchev–Trinajstić information content (AvgIpc) is 3.13. The number of hydrogen-bond donors (Lipinski definition) is 2. The molecule has 0 atom stereocenters. The van der Waals surface area contributed by atoms with E-state index >= 15 is 0 Å². The standard InChI is InChI=1S/C19H22N6O3S.C2HF3O2/c1-13-11-14(2)21-19(20-13)23-18(26)17-22-15(16-5-3-4-6-25(16)17)12-24-7-9-29(27,28)10-8-24;3-2(4,5)1(6)7/h3-6,11H,7-10,12H2,1-2H3,(H,20,21,23,26);(H,6,7). The Hall–Kier alpha value is -3.59. The highest BCUT2D eigenvalue weighted by molar-refractivity contribution is 7.91. The molecule has 3 aromatic rings. The maximum Gasteiger partial charge on any atom is 0.430 e. The van der Waals surface area contributed by atoms with Crippen molar-refractivity contribution in [3.05, 3.63) is 53.4 Å². The molecule has 1 amide bonds. The normalized spacial score (nSPS) is 15.7. The van der Waals surface area contributed by atoms with E-state index in [9.17, 15) is 26.4 Å². The summed E-state index contributed by atoms with van der Waals surface area (Å²) in [5.41, 5.74) is 3.14. The minimum Gasteiger partial charge on any atom is -0.542 e. The summed E-state index contributed by atoms with van der Waals surface area (Å²) in [6, 6.07) is 7.47. The monoisotopic (exact) mass is 528 g/mol. The molecule has 1 aliphatic rings. The van der Waals surface area contributed by atoms with Crippen molar-refractivity contribution in [2.24, 2.45) is 0 Å². The summed E-state index contributed by atoms with van der Waals surface area (Å²) in [7, 11) is -2.92. The first-order valence-corrected chi connectivity index (χ1v) is 12.5. The average molecular weight is 529 g/mol. The van der Waals surface area contributed by atoms with Crippen molar-refractivity contribution in [1.82, 2.24) is 19.4 Å². The number of alkyl halides is 3. The van der Waals surface area contributed by atoms with Gasteiger partial charge in [0.25, 0.3) is 5.91 Å². The number of rotatable bonds is 4. The van der Waals surface area contributed by atoms with Gasteiger partial charge in [-0.3, -0.25) is 14.5 Å². The van der Waals surface area contributed by atoms with E-state index < -0.39 is 27.9 Å². The highest BCUT2D eigenvalue weighted by Crippen LogP contribution is 2.14. The lowest BCUT2D eigenvalue weighted by molar-refractivity contribution is -0.910. The zero-order valence-corrected chi connectivity index (χ0v) is 20.1. The molecular weight excluding hydrogens is 505 g/mol. The number of carbonyl (C=O) groups excluding carboxylic acids is 2. The largest absolute Gasteiger partial charge is 0.542 e. The van der Waals surface area contributed by atoms with Gasteiger partial charge in [-0.05, 0) is 32.0 Å². The number of aromatic nitrogens is 4. The number of aliphatic carboxylic acids is 1. The number of carboxylic acid groups (broad SMARTS) is 1. The van der Waals surface area contributed by atoms with E-state index in [1.807, 2.05) is 38.1 Å². The Morgan fingerprint density at radius 2 is 1.69 bits per heavy atom. The number of nitrogens with zero attached hydrogens (tertiary/aromatic N) is 4. The van der Waals surface area contributed by atoms with Crippen molar-refractivity contribution in [3.8, 4) is 0 Å². The summed E-state index contributed by atoms with van der Waals surface area (Å²) in [6.07, 6.45) is -3.40. The van der Waals surface area contributed by atoms with Gasteiger partial charge in [0.05, 0.1) is 30.1 Å². The first kappa shape index (κ1) is 27.0. The van der Waals surface area contributed by atoms with Crippen molar-refractivity contribution < 1.29 is 41.2 Å². The fourth-order valence-electron chi connectivity index (χ4n) is 3.57. The first-order valence-electron chi connectivity index (χ1n) is 10.7. The first-order chi connectivity index (χ1) is 16.7. The molecule has 1 fully saturated rings. The van der Waals surface area contributed by atoms with Gasteiger partial charge in [0.2, 0.25) is 11.8 Å². The SMILES string of the molecule is Cc1cc(C)nc(NC(=O)c2nc(C[NH+]3CCS(=O)(=O)CC3)c3ccccn23)n1.O=C([O-])C(F)(F)F. The van der Waals surface area contributed by atoms with E-state index in [-0.39, 0.29) is 23.3 Å². The highest BCUT2D eigenvalue weighted by Gasteiger charge is 2.29. The second-order valence-electron chi connectivity index (χ2n) is 8.13. The topological polar surface area (TPSA) is 151 Å². The third kappa shape index (κ3) is 6.97. The van der Waals surface area contributed by atoms with Crippen molar-refractivity contribution in [1.29, 1.82) is 0 Å². The van der Waals surface area contributed by atoms with Gasteiger partial charge in [0, 0.05) is 17.6 Å². The van der Waals surface area contributed by atoms with Gasteiger partial charge < -0.3 is 14.8 Å². The van der Waals surface area contributed by atoms with Crippen molar-refractivity contribution >= 4 is 33.2 Å². The van der Waals surface area contributed by atoms with Gasteiger partial charge in [-0.15, -0.1) is 0 Å². The van der Waals surface area contributed by atoms with Crippen LogP contribution in [0, 0.1) is 13.8 Å². The van der Waals surface area contributed by atoms with Crippen LogP contribution in [0.3, 0.4) is 0 Å². The molecule has 0 aliphatic carbocycles. The molecule has 0 radical (unpaired) electrons. The highest BCUT2D eigenvalue weighted by atomic mass is 32.2. The number of hydrogen-bond acceptors (Lipinski definition) is 8. The van der Waals surface area contributed by atoms with Crippen LogP contribution in [0.1, 0.15) is 27.7 Å². The third-order valence-corrected chi connectivity index (χ3v) is 6.87. The smallest absolute Gasteiger partial charge is 0.430 e. The van der Waals surface area contributed by atoms with Crippen LogP contribution in [0.5, 0.6) is 0 Å². The molecule has 36 heavy (non-hydrogen) atoms. The van der Waals surface area contributed by atoms with Crippen LogP contribution in [0.4, 0.5) is 19.1 Å². The van der Waals surface area contributed by atoms with E-state index in [2.05, 4.69) is 20.3 Å². The van der Waals surface area contributed by atoms with Crippen LogP contribution in [0.25, 0.3) is 5.52 Å². The number of carboxylic acids is 1. The van der Waals surface area contributed by atoms with E-state index in [0.717, 1.165) is 27.5 Å². The molecule has 0 unspecified atom stereocenters. The third-order valence-electron chi connectivity index (χ3n) is 5.22. The number of halogens is 3. The minimum absolute atomic E-state index is 0.186. The number of aryl methyl sites for hydroxylation is 2. The molecule has 3 aromatic heterocycles. The molecular formula is C21H23F3N6O5S. The van der Waals surface area contributed by atoms with Gasteiger partial charge in [-0.25, -0.2) is 23.4 Å². The number of anilines is 1. The van der Waals surface area contributed by atoms with E-state index in [1.54, 1.807) is 10.6 Å². The number of pyridine rings is 1. The Kier molecular flexibility index (Phi) is 7.93. The fraction of sp³-hybridized carbons (Fsp3) is 0.381. The molecule has 0 aromatic carbocycles. The summed E-state index contributed by atoms with van der Waals surface area (Å²) in [6.45, 7) is 5.35. The molecule has 15 heteroatoms. The maximum absolute atomic E-state index is 12.9. The molecule has 0 bridgehead atoms. The second-order valence-corrected chi connectivity index (χ2v) is 10.4. The quantitative estimate of drug-likeness (QED) is 0.443. The lowest BCUT2D eigenvalue weighted by Crippen LogP contribution is -3.13. The maximum atomic E-state index is 12.9. The molecule has 0 saturated carbocycles.